The molecule has 1 heterocycles. The zero-order valence-electron chi connectivity index (χ0n) is 12.1. The van der Waals surface area contributed by atoms with Gasteiger partial charge in [0.1, 0.15) is 5.02 Å². The predicted octanol–water partition coefficient (Wildman–Crippen LogP) is 3.75. The first-order valence-corrected chi connectivity index (χ1v) is 8.45. The van der Waals surface area contributed by atoms with E-state index < -0.39 is 4.92 Å². The number of nitrogens with zero attached hydrogens (tertiary/aromatic N) is 2. The van der Waals surface area contributed by atoms with Crippen LogP contribution in [0.5, 0.6) is 0 Å². The second kappa shape index (κ2) is 6.72. The van der Waals surface area contributed by atoms with Crippen molar-refractivity contribution in [2.45, 2.75) is 31.7 Å². The van der Waals surface area contributed by atoms with E-state index in [1.165, 1.54) is 36.7 Å². The number of hydrogen-bond acceptors (Lipinski definition) is 5. The van der Waals surface area contributed by atoms with Crippen molar-refractivity contribution < 1.29 is 9.72 Å². The van der Waals surface area contributed by atoms with Crippen LogP contribution in [0.2, 0.25) is 5.02 Å². The Morgan fingerprint density at radius 3 is 2.83 bits per heavy atom. The van der Waals surface area contributed by atoms with Crippen LogP contribution < -0.4 is 5.32 Å². The van der Waals surface area contributed by atoms with Crippen LogP contribution in [0.1, 0.15) is 31.2 Å². The van der Waals surface area contributed by atoms with Gasteiger partial charge in [-0.25, -0.2) is 0 Å². The number of carbonyl (C=O) groups excluding carboxylic acids is 1. The highest BCUT2D eigenvalue weighted by Gasteiger charge is 2.26. The highest BCUT2D eigenvalue weighted by molar-refractivity contribution is 8.18. The van der Waals surface area contributed by atoms with Crippen LogP contribution in [0.15, 0.2) is 28.1 Å². The molecular weight excluding hydrogens is 338 g/mol. The predicted molar refractivity (Wildman–Crippen MR) is 91.5 cm³/mol. The molecule has 1 saturated carbocycles. The number of nitrogens with one attached hydrogen (secondary N) is 1. The van der Waals surface area contributed by atoms with Gasteiger partial charge in [0.2, 0.25) is 0 Å². The molecule has 1 aliphatic heterocycles. The third-order valence-corrected chi connectivity index (χ3v) is 4.98. The van der Waals surface area contributed by atoms with Crippen molar-refractivity contribution in [3.8, 4) is 0 Å². The minimum absolute atomic E-state index is 0.0733. The Hall–Kier alpha value is -1.86. The molecule has 1 aliphatic carbocycles. The van der Waals surface area contributed by atoms with E-state index in [0.717, 1.165) is 12.8 Å². The van der Waals surface area contributed by atoms with Gasteiger partial charge in [-0.3, -0.25) is 19.9 Å². The van der Waals surface area contributed by atoms with E-state index in [-0.39, 0.29) is 22.7 Å². The summed E-state index contributed by atoms with van der Waals surface area (Å²) in [7, 11) is 0. The Morgan fingerprint density at radius 2 is 2.13 bits per heavy atom. The molecule has 3 rings (SSSR count). The van der Waals surface area contributed by atoms with Gasteiger partial charge in [-0.1, -0.05) is 30.5 Å². The maximum atomic E-state index is 12.0. The van der Waals surface area contributed by atoms with Crippen LogP contribution in [0.25, 0.3) is 6.08 Å². The molecule has 0 radical (unpaired) electrons. The first-order chi connectivity index (χ1) is 11.0. The number of halogens is 1. The molecule has 8 heteroatoms. The summed E-state index contributed by atoms with van der Waals surface area (Å²) in [5.74, 6) is -0.232. The average Bonchev–Trinajstić information content (AvgIpc) is 3.12. The number of nitro groups is 1. The molecule has 0 bridgehead atoms. The van der Waals surface area contributed by atoms with Crippen LogP contribution in [-0.2, 0) is 4.79 Å². The highest BCUT2D eigenvalue weighted by atomic mass is 35.5. The van der Waals surface area contributed by atoms with Gasteiger partial charge in [-0.2, -0.15) is 0 Å². The molecule has 120 valence electrons. The molecule has 1 aromatic rings. The fourth-order valence-corrected chi connectivity index (χ4v) is 3.68. The summed E-state index contributed by atoms with van der Waals surface area (Å²) in [4.78, 5) is 27.4. The molecule has 1 N–H and O–H groups in total. The number of carbonyl (C=O) groups is 1. The Labute approximate surface area is 142 Å². The number of amidine groups is 1. The number of hydrogen-bond donors (Lipinski definition) is 1. The van der Waals surface area contributed by atoms with E-state index in [1.807, 2.05) is 0 Å². The van der Waals surface area contributed by atoms with E-state index in [9.17, 15) is 14.9 Å². The van der Waals surface area contributed by atoms with Gasteiger partial charge in [0.05, 0.1) is 15.9 Å². The fourth-order valence-electron chi connectivity index (χ4n) is 2.60. The van der Waals surface area contributed by atoms with Crippen molar-refractivity contribution in [3.05, 3.63) is 43.8 Å². The molecule has 1 aromatic carbocycles. The van der Waals surface area contributed by atoms with Crippen molar-refractivity contribution in [1.29, 1.82) is 0 Å². The lowest BCUT2D eigenvalue weighted by molar-refractivity contribution is -0.384. The van der Waals surface area contributed by atoms with Gasteiger partial charge in [0.15, 0.2) is 5.17 Å². The molecule has 0 atom stereocenters. The summed E-state index contributed by atoms with van der Waals surface area (Å²) in [6.45, 7) is 0. The molecule has 23 heavy (non-hydrogen) atoms. The smallest absolute Gasteiger partial charge is 0.288 e. The standard InChI is InChI=1S/C15H14ClN3O3S/c16-11-6-5-9(7-12(11)19(21)22)8-13-14(20)18-15(23-13)17-10-3-1-2-4-10/h5-8,10H,1-4H2,(H,17,18,20)/b13-8-. The Kier molecular flexibility index (Phi) is 4.68. The number of rotatable bonds is 3. The van der Waals surface area contributed by atoms with Gasteiger partial charge in [0.25, 0.3) is 11.6 Å². The summed E-state index contributed by atoms with van der Waals surface area (Å²) in [6.07, 6.45) is 6.08. The van der Waals surface area contributed by atoms with Gasteiger partial charge >= 0.3 is 0 Å². The van der Waals surface area contributed by atoms with Crippen LogP contribution >= 0.6 is 23.4 Å². The minimum atomic E-state index is -0.542. The lowest BCUT2D eigenvalue weighted by Gasteiger charge is -2.02. The van der Waals surface area contributed by atoms with Crippen LogP contribution in [0.3, 0.4) is 0 Å². The lowest BCUT2D eigenvalue weighted by atomic mass is 10.2. The third-order valence-electron chi connectivity index (χ3n) is 3.74. The van der Waals surface area contributed by atoms with Crippen molar-refractivity contribution >= 4 is 46.2 Å². The van der Waals surface area contributed by atoms with Gasteiger partial charge in [-0.05, 0) is 42.3 Å². The molecule has 1 saturated heterocycles. The Morgan fingerprint density at radius 1 is 1.39 bits per heavy atom. The quantitative estimate of drug-likeness (QED) is 0.510. The van der Waals surface area contributed by atoms with E-state index in [1.54, 1.807) is 12.1 Å². The molecule has 6 nitrogen and oxygen atoms in total. The van der Waals surface area contributed by atoms with Gasteiger partial charge in [-0.15, -0.1) is 0 Å². The van der Waals surface area contributed by atoms with Gasteiger partial charge in [0, 0.05) is 6.07 Å². The topological polar surface area (TPSA) is 84.6 Å². The minimum Gasteiger partial charge on any atom is -0.301 e. The van der Waals surface area contributed by atoms with Crippen LogP contribution in [0.4, 0.5) is 5.69 Å². The van der Waals surface area contributed by atoms with Crippen molar-refractivity contribution in [3.63, 3.8) is 0 Å². The lowest BCUT2D eigenvalue weighted by Crippen LogP contribution is -2.21. The largest absolute Gasteiger partial charge is 0.301 e. The fraction of sp³-hybridized carbons (Fsp3) is 0.333. The number of amides is 1. The summed E-state index contributed by atoms with van der Waals surface area (Å²) in [6, 6.07) is 4.74. The molecule has 1 amide bonds. The normalized spacial score (nSPS) is 22.0. The Bertz CT molecular complexity index is 727. The summed E-state index contributed by atoms with van der Waals surface area (Å²) >= 11 is 7.06. The summed E-state index contributed by atoms with van der Waals surface area (Å²) in [5.41, 5.74) is 0.380. The van der Waals surface area contributed by atoms with Crippen LogP contribution in [-0.4, -0.2) is 22.0 Å². The van der Waals surface area contributed by atoms with Crippen molar-refractivity contribution in [1.82, 2.24) is 5.32 Å². The Balaban J connectivity index is 1.81. The van der Waals surface area contributed by atoms with E-state index in [0.29, 0.717) is 15.6 Å². The summed E-state index contributed by atoms with van der Waals surface area (Å²) in [5, 5.41) is 14.3. The molecular formula is C15H14ClN3O3S. The maximum Gasteiger partial charge on any atom is 0.288 e. The second-order valence-corrected chi connectivity index (χ2v) is 6.84. The molecule has 0 aromatic heterocycles. The second-order valence-electron chi connectivity index (χ2n) is 5.41. The van der Waals surface area contributed by atoms with E-state index in [2.05, 4.69) is 10.3 Å². The third kappa shape index (κ3) is 3.73. The average molecular weight is 352 g/mol. The molecule has 2 aliphatic rings. The van der Waals surface area contributed by atoms with E-state index >= 15 is 0 Å². The van der Waals surface area contributed by atoms with Crippen molar-refractivity contribution in [2.75, 3.05) is 0 Å². The zero-order chi connectivity index (χ0) is 16.4. The van der Waals surface area contributed by atoms with Gasteiger partial charge < -0.3 is 5.32 Å². The number of benzene rings is 1. The molecule has 0 unspecified atom stereocenters. The van der Waals surface area contributed by atoms with Crippen molar-refractivity contribution in [2.24, 2.45) is 4.99 Å². The first-order valence-electron chi connectivity index (χ1n) is 7.25. The van der Waals surface area contributed by atoms with E-state index in [4.69, 9.17) is 11.6 Å². The first kappa shape index (κ1) is 16.0. The van der Waals surface area contributed by atoms with Crippen LogP contribution in [0, 0.1) is 10.1 Å². The number of thioether (sulfide) groups is 1. The monoisotopic (exact) mass is 351 g/mol. The number of aliphatic imine (C=N–C) groups is 1. The highest BCUT2D eigenvalue weighted by Crippen LogP contribution is 2.31. The molecule has 0 spiro atoms. The SMILES string of the molecule is O=C1NC(=NC2CCCC2)S/C1=C\c1ccc(Cl)c([N+](=O)[O-])c1. The maximum absolute atomic E-state index is 12.0. The number of nitro benzene ring substituents is 1. The zero-order valence-corrected chi connectivity index (χ0v) is 13.7. The summed E-state index contributed by atoms with van der Waals surface area (Å²) < 4.78 is 0. The molecule has 2 fully saturated rings.